The minimum absolute atomic E-state index is 0.718. The van der Waals surface area contributed by atoms with Gasteiger partial charge < -0.3 is 4.57 Å². The highest BCUT2D eigenvalue weighted by Gasteiger charge is 2.09. The summed E-state index contributed by atoms with van der Waals surface area (Å²) < 4.78 is 2.29. The number of hydrogen-bond acceptors (Lipinski definition) is 1. The molecule has 0 spiro atoms. The van der Waals surface area contributed by atoms with Gasteiger partial charge >= 0.3 is 0 Å². The first kappa shape index (κ1) is 16.3. The second kappa shape index (κ2) is 7.31. The first-order valence-corrected chi connectivity index (χ1v) is 8.51. The number of aryl methyl sites for hydroxylation is 2. The van der Waals surface area contributed by atoms with E-state index >= 15 is 0 Å². The summed E-state index contributed by atoms with van der Waals surface area (Å²) in [4.78, 5) is 4.61. The quantitative estimate of drug-likeness (QED) is 0.570. The summed E-state index contributed by atoms with van der Waals surface area (Å²) in [6.45, 7) is 7.21. The summed E-state index contributed by atoms with van der Waals surface area (Å²) in [6.07, 6.45) is 3.06. The Hall–Kier alpha value is -2.61. The molecule has 2 nitrogen and oxygen atoms in total. The van der Waals surface area contributed by atoms with Crippen LogP contribution in [0.1, 0.15) is 35.0 Å². The van der Waals surface area contributed by atoms with Crippen molar-refractivity contribution in [3.8, 4) is 5.69 Å². The van der Waals surface area contributed by atoms with Gasteiger partial charge in [-0.25, -0.2) is 0 Å². The lowest BCUT2D eigenvalue weighted by Crippen LogP contribution is -1.99. The van der Waals surface area contributed by atoms with Crippen molar-refractivity contribution >= 4 is 6.21 Å². The molecule has 2 aromatic carbocycles. The molecule has 0 aliphatic heterocycles. The summed E-state index contributed by atoms with van der Waals surface area (Å²) in [5, 5.41) is 0. The van der Waals surface area contributed by atoms with Gasteiger partial charge in [0.1, 0.15) is 0 Å². The Balaban J connectivity index is 1.83. The highest BCUT2D eigenvalue weighted by atomic mass is 15.0. The standard InChI is InChI=1S/C22H24N2/c1-4-19-10-12-22(13-11-19)24-17(2)14-21(18(24)3)16-23-15-20-8-6-5-7-9-20/h5-14,16H,4,15H2,1-3H3. The topological polar surface area (TPSA) is 17.3 Å². The van der Waals surface area contributed by atoms with E-state index in [0.717, 1.165) is 13.0 Å². The van der Waals surface area contributed by atoms with Crippen molar-refractivity contribution in [2.75, 3.05) is 0 Å². The molecule has 0 fully saturated rings. The van der Waals surface area contributed by atoms with E-state index in [2.05, 4.69) is 84.9 Å². The van der Waals surface area contributed by atoms with Crippen LogP contribution < -0.4 is 0 Å². The zero-order valence-corrected chi connectivity index (χ0v) is 14.7. The van der Waals surface area contributed by atoms with Crippen LogP contribution in [0.25, 0.3) is 5.69 Å². The van der Waals surface area contributed by atoms with Gasteiger partial charge in [-0.2, -0.15) is 0 Å². The van der Waals surface area contributed by atoms with Gasteiger partial charge in [-0.15, -0.1) is 0 Å². The lowest BCUT2D eigenvalue weighted by atomic mass is 10.1. The third-order valence-electron chi connectivity index (χ3n) is 4.42. The fourth-order valence-corrected chi connectivity index (χ4v) is 3.03. The van der Waals surface area contributed by atoms with Gasteiger partial charge in [0, 0.05) is 28.9 Å². The van der Waals surface area contributed by atoms with Crippen LogP contribution in [0.3, 0.4) is 0 Å². The normalized spacial score (nSPS) is 11.3. The van der Waals surface area contributed by atoms with E-state index in [-0.39, 0.29) is 0 Å². The molecule has 0 aliphatic carbocycles. The van der Waals surface area contributed by atoms with Crippen molar-refractivity contribution in [1.29, 1.82) is 0 Å². The zero-order valence-electron chi connectivity index (χ0n) is 14.7. The molecule has 0 saturated carbocycles. The molecule has 3 aromatic rings. The fourth-order valence-electron chi connectivity index (χ4n) is 3.03. The van der Waals surface area contributed by atoms with E-state index in [1.165, 1.54) is 33.8 Å². The molecule has 0 saturated heterocycles. The van der Waals surface area contributed by atoms with Gasteiger partial charge in [-0.05, 0) is 49.6 Å². The first-order chi connectivity index (χ1) is 11.7. The van der Waals surface area contributed by atoms with Crippen molar-refractivity contribution in [3.05, 3.63) is 88.7 Å². The minimum Gasteiger partial charge on any atom is -0.318 e. The zero-order chi connectivity index (χ0) is 16.9. The monoisotopic (exact) mass is 316 g/mol. The lowest BCUT2D eigenvalue weighted by Gasteiger charge is -2.10. The molecular weight excluding hydrogens is 292 g/mol. The van der Waals surface area contributed by atoms with E-state index in [1.807, 2.05) is 12.3 Å². The molecule has 0 aliphatic rings. The van der Waals surface area contributed by atoms with Crippen LogP contribution in [0, 0.1) is 13.8 Å². The smallest absolute Gasteiger partial charge is 0.0639 e. The molecule has 2 heteroatoms. The van der Waals surface area contributed by atoms with Crippen LogP contribution in [0.2, 0.25) is 0 Å². The van der Waals surface area contributed by atoms with E-state index < -0.39 is 0 Å². The highest BCUT2D eigenvalue weighted by Crippen LogP contribution is 2.20. The molecule has 0 bridgehead atoms. The number of nitrogens with zero attached hydrogens (tertiary/aromatic N) is 2. The van der Waals surface area contributed by atoms with E-state index in [9.17, 15) is 0 Å². The third-order valence-corrected chi connectivity index (χ3v) is 4.42. The summed E-state index contributed by atoms with van der Waals surface area (Å²) >= 11 is 0. The second-order valence-corrected chi connectivity index (χ2v) is 6.14. The maximum atomic E-state index is 4.61. The molecule has 1 aromatic heterocycles. The lowest BCUT2D eigenvalue weighted by molar-refractivity contribution is 0.961. The van der Waals surface area contributed by atoms with Crippen LogP contribution in [0.5, 0.6) is 0 Å². The molecule has 0 radical (unpaired) electrons. The first-order valence-electron chi connectivity index (χ1n) is 8.51. The Kier molecular flexibility index (Phi) is 4.95. The average molecular weight is 316 g/mol. The summed E-state index contributed by atoms with van der Waals surface area (Å²) in [5.41, 5.74) is 7.46. The van der Waals surface area contributed by atoms with E-state index in [1.54, 1.807) is 0 Å². The van der Waals surface area contributed by atoms with Crippen molar-refractivity contribution in [3.63, 3.8) is 0 Å². The Labute approximate surface area is 144 Å². The van der Waals surface area contributed by atoms with Gasteiger partial charge in [0.25, 0.3) is 0 Å². The van der Waals surface area contributed by atoms with E-state index in [4.69, 9.17) is 0 Å². The van der Waals surface area contributed by atoms with Crippen molar-refractivity contribution in [2.45, 2.75) is 33.7 Å². The predicted octanol–water partition coefficient (Wildman–Crippen LogP) is 5.28. The third kappa shape index (κ3) is 3.48. The second-order valence-electron chi connectivity index (χ2n) is 6.14. The number of rotatable bonds is 5. The Morgan fingerprint density at radius 2 is 1.62 bits per heavy atom. The predicted molar refractivity (Wildman–Crippen MR) is 102 cm³/mol. The molecule has 1 heterocycles. The highest BCUT2D eigenvalue weighted by molar-refractivity contribution is 5.82. The Morgan fingerprint density at radius 3 is 2.29 bits per heavy atom. The van der Waals surface area contributed by atoms with Gasteiger partial charge in [0.05, 0.1) is 6.54 Å². The number of aliphatic imine (C=N–C) groups is 1. The summed E-state index contributed by atoms with van der Waals surface area (Å²) in [5.74, 6) is 0. The molecule has 0 N–H and O–H groups in total. The van der Waals surface area contributed by atoms with Crippen molar-refractivity contribution in [1.82, 2.24) is 4.57 Å². The van der Waals surface area contributed by atoms with Crippen molar-refractivity contribution in [2.24, 2.45) is 4.99 Å². The molecule has 0 unspecified atom stereocenters. The molecule has 122 valence electrons. The van der Waals surface area contributed by atoms with Crippen LogP contribution in [0.4, 0.5) is 0 Å². The summed E-state index contributed by atoms with van der Waals surface area (Å²) in [6, 6.07) is 21.4. The SMILES string of the molecule is CCc1ccc(-n2c(C)cc(C=NCc3ccccc3)c2C)cc1. The molecule has 0 atom stereocenters. The molecular formula is C22H24N2. The average Bonchev–Trinajstić information content (AvgIpc) is 2.90. The largest absolute Gasteiger partial charge is 0.318 e. The molecule has 24 heavy (non-hydrogen) atoms. The Morgan fingerprint density at radius 1 is 0.917 bits per heavy atom. The molecule has 0 amide bonds. The summed E-state index contributed by atoms with van der Waals surface area (Å²) in [7, 11) is 0. The number of hydrogen-bond donors (Lipinski definition) is 0. The van der Waals surface area contributed by atoms with Crippen molar-refractivity contribution < 1.29 is 0 Å². The van der Waals surface area contributed by atoms with Gasteiger partial charge in [-0.1, -0.05) is 49.4 Å². The van der Waals surface area contributed by atoms with Crippen LogP contribution in [-0.4, -0.2) is 10.8 Å². The van der Waals surface area contributed by atoms with E-state index in [0.29, 0.717) is 0 Å². The minimum atomic E-state index is 0.718. The van der Waals surface area contributed by atoms with Gasteiger partial charge in [-0.3, -0.25) is 4.99 Å². The van der Waals surface area contributed by atoms with Gasteiger partial charge in [0.2, 0.25) is 0 Å². The Bertz CT molecular complexity index is 824. The maximum Gasteiger partial charge on any atom is 0.0639 e. The maximum absolute atomic E-state index is 4.61. The van der Waals surface area contributed by atoms with Gasteiger partial charge in [0.15, 0.2) is 0 Å². The van der Waals surface area contributed by atoms with Crippen LogP contribution >= 0.6 is 0 Å². The fraction of sp³-hybridized carbons (Fsp3) is 0.227. The number of benzene rings is 2. The van der Waals surface area contributed by atoms with Crippen LogP contribution in [-0.2, 0) is 13.0 Å². The molecule has 3 rings (SSSR count). The number of aromatic nitrogens is 1. The van der Waals surface area contributed by atoms with Crippen LogP contribution in [0.15, 0.2) is 65.7 Å².